The molecule has 3 rings (SSSR count). The minimum absolute atomic E-state index is 0.235. The fourth-order valence-corrected chi connectivity index (χ4v) is 5.24. The van der Waals surface area contributed by atoms with Crippen LogP contribution in [0, 0.1) is 0 Å². The van der Waals surface area contributed by atoms with Crippen molar-refractivity contribution in [3.8, 4) is 0 Å². The zero-order valence-electron chi connectivity index (χ0n) is 17.4. The number of guanidine groups is 1. The first-order chi connectivity index (χ1) is 13.6. The van der Waals surface area contributed by atoms with Crippen LogP contribution >= 0.6 is 11.8 Å². The summed E-state index contributed by atoms with van der Waals surface area (Å²) in [5.74, 6) is 3.79. The Kier molecular flexibility index (Phi) is 7.71. The van der Waals surface area contributed by atoms with E-state index in [9.17, 15) is 5.11 Å². The average molecular weight is 409 g/mol. The molecule has 0 radical (unpaired) electrons. The molecule has 1 aliphatic carbocycles. The van der Waals surface area contributed by atoms with Crippen molar-refractivity contribution in [3.63, 3.8) is 0 Å². The molecule has 2 aliphatic rings. The molecule has 7 heteroatoms. The minimum atomic E-state index is -1.11. The van der Waals surface area contributed by atoms with Gasteiger partial charge in [0, 0.05) is 43.2 Å². The van der Waals surface area contributed by atoms with Crippen LogP contribution in [0.3, 0.4) is 0 Å². The molecule has 3 N–H and O–H groups in total. The van der Waals surface area contributed by atoms with Crippen LogP contribution in [0.15, 0.2) is 27.8 Å². The third-order valence-electron chi connectivity index (χ3n) is 5.99. The van der Waals surface area contributed by atoms with E-state index in [2.05, 4.69) is 39.2 Å². The van der Waals surface area contributed by atoms with Crippen molar-refractivity contribution in [1.82, 2.24) is 15.5 Å². The second-order valence-corrected chi connectivity index (χ2v) is 9.41. The van der Waals surface area contributed by atoms with Crippen LogP contribution in [0.25, 0.3) is 0 Å². The van der Waals surface area contributed by atoms with Gasteiger partial charge in [0.1, 0.15) is 11.4 Å². The number of aliphatic imine (C=N–C) groups is 1. The summed E-state index contributed by atoms with van der Waals surface area (Å²) in [5, 5.41) is 17.6. The highest BCUT2D eigenvalue weighted by Gasteiger charge is 2.38. The second-order valence-electron chi connectivity index (χ2n) is 8.18. The van der Waals surface area contributed by atoms with Crippen molar-refractivity contribution in [2.75, 3.05) is 44.2 Å². The van der Waals surface area contributed by atoms with E-state index in [0.717, 1.165) is 19.0 Å². The van der Waals surface area contributed by atoms with E-state index in [4.69, 9.17) is 4.42 Å². The molecule has 0 spiro atoms. The highest BCUT2D eigenvalue weighted by molar-refractivity contribution is 7.99. The predicted molar refractivity (Wildman–Crippen MR) is 117 cm³/mol. The summed E-state index contributed by atoms with van der Waals surface area (Å²) < 4.78 is 5.37. The largest absolute Gasteiger partial charge is 0.466 e. The summed E-state index contributed by atoms with van der Waals surface area (Å²) in [6.07, 6.45) is 8.08. The lowest BCUT2D eigenvalue weighted by atomic mass is 9.80. The standard InChI is InChI=1S/C21H36N4O2S/c1-3-22-19(23-16-20(2,26)18-8-7-13-27-18)24-17-21(9-5-4-6-10-21)25-11-14-28-15-12-25/h7-8,13,26H,3-6,9-12,14-17H2,1-2H3,(H2,22,23,24). The predicted octanol–water partition coefficient (Wildman–Crippen LogP) is 2.79. The van der Waals surface area contributed by atoms with Crippen molar-refractivity contribution in [2.45, 2.75) is 57.1 Å². The van der Waals surface area contributed by atoms with Gasteiger partial charge in [0.05, 0.1) is 12.8 Å². The molecule has 0 amide bonds. The maximum atomic E-state index is 10.7. The van der Waals surface area contributed by atoms with Gasteiger partial charge in [0.25, 0.3) is 0 Å². The molecule has 1 aromatic heterocycles. The van der Waals surface area contributed by atoms with Gasteiger partial charge >= 0.3 is 0 Å². The molecule has 1 atom stereocenters. The Morgan fingerprint density at radius 1 is 1.29 bits per heavy atom. The SMILES string of the molecule is CCNC(=NCC(C)(O)c1ccco1)NCC1(N2CCSCC2)CCCCC1. The van der Waals surface area contributed by atoms with Gasteiger partial charge in [0.15, 0.2) is 5.96 Å². The number of nitrogens with zero attached hydrogens (tertiary/aromatic N) is 2. The molecule has 2 heterocycles. The molecule has 1 saturated carbocycles. The van der Waals surface area contributed by atoms with Gasteiger partial charge in [-0.3, -0.25) is 4.90 Å². The molecule has 1 aliphatic heterocycles. The number of aliphatic hydroxyl groups is 1. The number of hydrogen-bond acceptors (Lipinski definition) is 5. The van der Waals surface area contributed by atoms with Crippen molar-refractivity contribution in [1.29, 1.82) is 0 Å². The van der Waals surface area contributed by atoms with Crippen molar-refractivity contribution < 1.29 is 9.52 Å². The van der Waals surface area contributed by atoms with Crippen molar-refractivity contribution in [3.05, 3.63) is 24.2 Å². The van der Waals surface area contributed by atoms with Gasteiger partial charge in [0.2, 0.25) is 0 Å². The highest BCUT2D eigenvalue weighted by atomic mass is 32.2. The third-order valence-corrected chi connectivity index (χ3v) is 6.93. The van der Waals surface area contributed by atoms with E-state index in [1.807, 2.05) is 0 Å². The van der Waals surface area contributed by atoms with Crippen LogP contribution in [0.5, 0.6) is 0 Å². The fraction of sp³-hybridized carbons (Fsp3) is 0.762. The summed E-state index contributed by atoms with van der Waals surface area (Å²) in [6.45, 7) is 8.14. The monoisotopic (exact) mass is 408 g/mol. The van der Waals surface area contributed by atoms with Crippen LogP contribution in [0.1, 0.15) is 51.7 Å². The lowest BCUT2D eigenvalue weighted by molar-refractivity contribution is 0.0435. The summed E-state index contributed by atoms with van der Waals surface area (Å²) in [6, 6.07) is 3.59. The molecule has 6 nitrogen and oxygen atoms in total. The Hall–Kier alpha value is -1.18. The van der Waals surface area contributed by atoms with Crippen LogP contribution in [0.2, 0.25) is 0 Å². The third kappa shape index (κ3) is 5.45. The zero-order chi connectivity index (χ0) is 19.9. The number of nitrogens with one attached hydrogen (secondary N) is 2. The first kappa shape index (κ1) is 21.5. The summed E-state index contributed by atoms with van der Waals surface area (Å²) >= 11 is 2.07. The van der Waals surface area contributed by atoms with E-state index in [1.54, 1.807) is 25.3 Å². The first-order valence-electron chi connectivity index (χ1n) is 10.7. The maximum Gasteiger partial charge on any atom is 0.191 e. The van der Waals surface area contributed by atoms with Crippen molar-refractivity contribution in [2.24, 2.45) is 4.99 Å². The van der Waals surface area contributed by atoms with Crippen LogP contribution in [-0.2, 0) is 5.60 Å². The fourth-order valence-electron chi connectivity index (χ4n) is 4.34. The zero-order valence-corrected chi connectivity index (χ0v) is 18.2. The second kappa shape index (κ2) is 10.0. The molecule has 1 aromatic rings. The molecule has 1 saturated heterocycles. The molecule has 2 fully saturated rings. The number of thioether (sulfide) groups is 1. The Morgan fingerprint density at radius 2 is 2.04 bits per heavy atom. The number of furan rings is 1. The lowest BCUT2D eigenvalue weighted by Crippen LogP contribution is -2.59. The van der Waals surface area contributed by atoms with Crippen LogP contribution < -0.4 is 10.6 Å². The summed E-state index contributed by atoms with van der Waals surface area (Å²) in [5.41, 5.74) is -0.878. The minimum Gasteiger partial charge on any atom is -0.466 e. The van der Waals surface area contributed by atoms with Gasteiger partial charge in [-0.05, 0) is 38.8 Å². The van der Waals surface area contributed by atoms with Crippen LogP contribution in [0.4, 0.5) is 0 Å². The summed E-state index contributed by atoms with van der Waals surface area (Å²) in [7, 11) is 0. The smallest absolute Gasteiger partial charge is 0.191 e. The normalized spacial score (nSPS) is 23.2. The Labute approximate surface area is 173 Å². The quantitative estimate of drug-likeness (QED) is 0.476. The number of hydrogen-bond donors (Lipinski definition) is 3. The summed E-state index contributed by atoms with van der Waals surface area (Å²) in [4.78, 5) is 7.38. The molecule has 1 unspecified atom stereocenters. The molecule has 28 heavy (non-hydrogen) atoms. The van der Waals surface area contributed by atoms with E-state index in [1.165, 1.54) is 56.7 Å². The van der Waals surface area contributed by atoms with Gasteiger partial charge < -0.3 is 20.2 Å². The molecular formula is C21H36N4O2S. The Morgan fingerprint density at radius 3 is 2.68 bits per heavy atom. The van der Waals surface area contributed by atoms with Crippen LogP contribution in [-0.4, -0.2) is 65.7 Å². The molecular weight excluding hydrogens is 372 g/mol. The molecule has 0 aromatic carbocycles. The molecule has 0 bridgehead atoms. The lowest BCUT2D eigenvalue weighted by Gasteiger charge is -2.48. The van der Waals surface area contributed by atoms with Gasteiger partial charge in [-0.25, -0.2) is 4.99 Å². The van der Waals surface area contributed by atoms with Crippen molar-refractivity contribution >= 4 is 17.7 Å². The topological polar surface area (TPSA) is 73.0 Å². The van der Waals surface area contributed by atoms with Gasteiger partial charge in [-0.2, -0.15) is 11.8 Å². The van der Waals surface area contributed by atoms with Gasteiger partial charge in [-0.15, -0.1) is 0 Å². The van der Waals surface area contributed by atoms with Gasteiger partial charge in [-0.1, -0.05) is 19.3 Å². The number of rotatable bonds is 7. The average Bonchev–Trinajstić information content (AvgIpc) is 3.27. The van der Waals surface area contributed by atoms with E-state index < -0.39 is 5.60 Å². The Bertz CT molecular complexity index is 606. The first-order valence-corrected chi connectivity index (χ1v) is 11.8. The molecule has 158 valence electrons. The van der Waals surface area contributed by atoms with E-state index >= 15 is 0 Å². The Balaban J connectivity index is 1.66. The maximum absolute atomic E-state index is 10.7. The van der Waals surface area contributed by atoms with E-state index in [0.29, 0.717) is 5.76 Å². The highest BCUT2D eigenvalue weighted by Crippen LogP contribution is 2.34. The van der Waals surface area contributed by atoms with E-state index in [-0.39, 0.29) is 12.1 Å².